The first-order chi connectivity index (χ1) is 18.0. The van der Waals surface area contributed by atoms with Crippen LogP contribution >= 0.6 is 0 Å². The van der Waals surface area contributed by atoms with E-state index in [0.717, 1.165) is 6.42 Å². The van der Waals surface area contributed by atoms with Crippen LogP contribution in [-0.2, 0) is 19.0 Å². The number of ether oxygens (including phenoxy) is 3. The second-order valence-electron chi connectivity index (χ2n) is 12.9. The molecule has 4 N–H and O–H groups in total. The van der Waals surface area contributed by atoms with Crippen molar-refractivity contribution in [3.8, 4) is 0 Å². The van der Waals surface area contributed by atoms with Gasteiger partial charge in [0.05, 0.1) is 29.8 Å². The number of nitrogens with zero attached hydrogens (tertiary/aromatic N) is 2. The molecule has 2 saturated heterocycles. The number of fused-ring (bicyclic) bond motifs is 1. The zero-order valence-electron chi connectivity index (χ0n) is 25.8. The van der Waals surface area contributed by atoms with Gasteiger partial charge in [-0.1, -0.05) is 34.1 Å². The number of hydrogen-bond donors (Lipinski definition) is 4. The molecule has 10 heteroatoms. The SMILES string of the molecule is CCCC(C)(O)[C@H](O)[C@@H](C)N(C)C[C@H](C)C[C@H](C)C(O)[C@@H](C)C(OC1CC(N(C)C)C2OC2O1)[C@@H](C)C(=O)O. The Kier molecular flexibility index (Phi) is 12.6. The lowest BCUT2D eigenvalue weighted by Gasteiger charge is -2.39. The standard InChI is InChI=1S/C29H56N2O8/c1-11-12-29(7,36)26(33)20(6)31(10)15-16(2)13-17(3)23(32)18(4)24(19(5)27(34)35)37-22-14-21(30(8)9)25-28(38-22)39-25/h16-26,28,32-33,36H,11-15H2,1-10H3,(H,34,35)/t16-,17+,18-,19-,20-,21?,22?,23?,24?,25?,26-,28?,29?/m1/s1. The third kappa shape index (κ3) is 9.07. The molecule has 0 aromatic heterocycles. The van der Waals surface area contributed by atoms with Gasteiger partial charge < -0.3 is 44.4 Å². The molecule has 0 saturated carbocycles. The molecular formula is C29H56N2O8. The molecule has 0 bridgehead atoms. The maximum absolute atomic E-state index is 12.0. The van der Waals surface area contributed by atoms with Crippen LogP contribution in [-0.4, -0.2) is 119 Å². The van der Waals surface area contributed by atoms with Crippen LogP contribution in [0.4, 0.5) is 0 Å². The zero-order valence-corrected chi connectivity index (χ0v) is 25.8. The van der Waals surface area contributed by atoms with E-state index in [0.29, 0.717) is 25.8 Å². The van der Waals surface area contributed by atoms with Gasteiger partial charge in [0.2, 0.25) is 0 Å². The van der Waals surface area contributed by atoms with E-state index in [4.69, 9.17) is 14.2 Å². The van der Waals surface area contributed by atoms with E-state index < -0.39 is 48.0 Å². The highest BCUT2D eigenvalue weighted by molar-refractivity contribution is 5.70. The monoisotopic (exact) mass is 560 g/mol. The Bertz CT molecular complexity index is 768. The molecule has 0 radical (unpaired) electrons. The summed E-state index contributed by atoms with van der Waals surface area (Å²) in [6.45, 7) is 13.8. The van der Waals surface area contributed by atoms with Gasteiger partial charge in [-0.2, -0.15) is 0 Å². The molecule has 39 heavy (non-hydrogen) atoms. The number of aliphatic hydroxyl groups is 3. The second-order valence-corrected chi connectivity index (χ2v) is 12.9. The van der Waals surface area contributed by atoms with Crippen molar-refractivity contribution in [2.45, 2.75) is 129 Å². The van der Waals surface area contributed by atoms with Gasteiger partial charge in [-0.15, -0.1) is 0 Å². The van der Waals surface area contributed by atoms with Crippen LogP contribution in [0.3, 0.4) is 0 Å². The minimum absolute atomic E-state index is 0.0134. The van der Waals surface area contributed by atoms with Crippen molar-refractivity contribution in [1.29, 1.82) is 0 Å². The van der Waals surface area contributed by atoms with Crippen LogP contribution in [0.25, 0.3) is 0 Å². The molecule has 13 atom stereocenters. The lowest BCUT2D eigenvalue weighted by molar-refractivity contribution is -0.232. The van der Waals surface area contributed by atoms with Gasteiger partial charge >= 0.3 is 5.97 Å². The molecule has 0 aromatic carbocycles. The van der Waals surface area contributed by atoms with Gasteiger partial charge in [0.15, 0.2) is 12.6 Å². The Labute approximate surface area is 235 Å². The number of aliphatic carboxylic acids is 1. The van der Waals surface area contributed by atoms with Crippen molar-refractivity contribution in [3.05, 3.63) is 0 Å². The fourth-order valence-electron chi connectivity index (χ4n) is 6.27. The summed E-state index contributed by atoms with van der Waals surface area (Å²) in [5.74, 6) is -2.17. The second kappa shape index (κ2) is 14.4. The van der Waals surface area contributed by atoms with Crippen molar-refractivity contribution in [2.24, 2.45) is 23.7 Å². The fourth-order valence-corrected chi connectivity index (χ4v) is 6.27. The van der Waals surface area contributed by atoms with E-state index in [1.165, 1.54) is 0 Å². The Morgan fingerprint density at radius 2 is 1.72 bits per heavy atom. The third-order valence-corrected chi connectivity index (χ3v) is 9.00. The highest BCUT2D eigenvalue weighted by atomic mass is 16.8. The zero-order chi connectivity index (χ0) is 29.8. The summed E-state index contributed by atoms with van der Waals surface area (Å²) in [4.78, 5) is 16.1. The maximum atomic E-state index is 12.0. The first-order valence-corrected chi connectivity index (χ1v) is 14.7. The predicted octanol–water partition coefficient (Wildman–Crippen LogP) is 2.39. The molecule has 10 nitrogen and oxygen atoms in total. The lowest BCUT2D eigenvalue weighted by Crippen LogP contribution is -2.52. The van der Waals surface area contributed by atoms with Gasteiger partial charge in [-0.3, -0.25) is 4.79 Å². The number of carboxylic acid groups (broad SMARTS) is 1. The van der Waals surface area contributed by atoms with Crippen LogP contribution in [0.2, 0.25) is 0 Å². The van der Waals surface area contributed by atoms with Crippen molar-refractivity contribution < 1.29 is 39.4 Å². The average molecular weight is 561 g/mol. The predicted molar refractivity (Wildman–Crippen MR) is 149 cm³/mol. The number of aliphatic hydroxyl groups excluding tert-OH is 2. The van der Waals surface area contributed by atoms with Gasteiger partial charge in [-0.25, -0.2) is 0 Å². The number of epoxide rings is 1. The van der Waals surface area contributed by atoms with Crippen LogP contribution < -0.4 is 0 Å². The van der Waals surface area contributed by atoms with E-state index in [2.05, 4.69) is 16.7 Å². The molecule has 2 fully saturated rings. The number of likely N-dealkylation sites (N-methyl/N-ethyl adjacent to an activating group) is 2. The summed E-state index contributed by atoms with van der Waals surface area (Å²) in [5.41, 5.74) is -1.15. The highest BCUT2D eigenvalue weighted by Gasteiger charge is 2.54. The summed E-state index contributed by atoms with van der Waals surface area (Å²) in [6.07, 6.45) is -0.744. The smallest absolute Gasteiger partial charge is 0.308 e. The van der Waals surface area contributed by atoms with Gasteiger partial charge in [0.1, 0.15) is 6.10 Å². The Morgan fingerprint density at radius 3 is 2.26 bits per heavy atom. The van der Waals surface area contributed by atoms with E-state index in [1.54, 1.807) is 13.8 Å². The minimum atomic E-state index is -1.15. The van der Waals surface area contributed by atoms with Gasteiger partial charge in [-0.05, 0) is 66.6 Å². The molecule has 0 spiro atoms. The molecule has 0 aromatic rings. The lowest BCUT2D eigenvalue weighted by atomic mass is 9.81. The van der Waals surface area contributed by atoms with E-state index >= 15 is 0 Å². The molecule has 2 rings (SSSR count). The van der Waals surface area contributed by atoms with Crippen LogP contribution in [0.1, 0.15) is 74.1 Å². The highest BCUT2D eigenvalue weighted by Crippen LogP contribution is 2.39. The normalized spacial score (nSPS) is 30.9. The fraction of sp³-hybridized carbons (Fsp3) is 0.966. The molecule has 2 heterocycles. The number of hydrogen-bond acceptors (Lipinski definition) is 9. The van der Waals surface area contributed by atoms with Crippen molar-refractivity contribution in [2.75, 3.05) is 27.7 Å². The molecule has 0 amide bonds. The van der Waals surface area contributed by atoms with E-state index in [1.807, 2.05) is 48.8 Å². The summed E-state index contributed by atoms with van der Waals surface area (Å²) in [7, 11) is 5.89. The third-order valence-electron chi connectivity index (χ3n) is 9.00. The van der Waals surface area contributed by atoms with Crippen molar-refractivity contribution in [1.82, 2.24) is 9.80 Å². The molecule has 2 aliphatic heterocycles. The summed E-state index contributed by atoms with van der Waals surface area (Å²) >= 11 is 0. The van der Waals surface area contributed by atoms with Crippen molar-refractivity contribution >= 4 is 5.97 Å². The number of carboxylic acids is 1. The topological polar surface area (TPSA) is 135 Å². The quantitative estimate of drug-likeness (QED) is 0.196. The number of carbonyl (C=O) groups is 1. The largest absolute Gasteiger partial charge is 0.481 e. The minimum Gasteiger partial charge on any atom is -0.481 e. The maximum Gasteiger partial charge on any atom is 0.308 e. The van der Waals surface area contributed by atoms with Crippen LogP contribution in [0.15, 0.2) is 0 Å². The molecule has 0 aliphatic carbocycles. The summed E-state index contributed by atoms with van der Waals surface area (Å²) in [5, 5.41) is 42.5. The van der Waals surface area contributed by atoms with Crippen molar-refractivity contribution in [3.63, 3.8) is 0 Å². The molecule has 2 aliphatic rings. The van der Waals surface area contributed by atoms with E-state index in [-0.39, 0.29) is 36.3 Å². The molecule has 7 unspecified atom stereocenters. The van der Waals surface area contributed by atoms with Crippen LogP contribution in [0.5, 0.6) is 0 Å². The number of rotatable bonds is 17. The van der Waals surface area contributed by atoms with E-state index in [9.17, 15) is 25.2 Å². The molecule has 230 valence electrons. The van der Waals surface area contributed by atoms with Gasteiger partial charge in [0, 0.05) is 31.0 Å². The Balaban J connectivity index is 2.00. The molecular weight excluding hydrogens is 504 g/mol. The summed E-state index contributed by atoms with van der Waals surface area (Å²) in [6, 6.07) is -0.114. The average Bonchev–Trinajstić information content (AvgIpc) is 3.63. The first kappa shape index (κ1) is 34.4. The van der Waals surface area contributed by atoms with Gasteiger partial charge in [0.25, 0.3) is 0 Å². The van der Waals surface area contributed by atoms with Crippen LogP contribution in [0, 0.1) is 23.7 Å². The first-order valence-electron chi connectivity index (χ1n) is 14.7. The summed E-state index contributed by atoms with van der Waals surface area (Å²) < 4.78 is 17.8. The Morgan fingerprint density at radius 1 is 1.10 bits per heavy atom. The Hall–Kier alpha value is -0.850.